The Labute approximate surface area is 132 Å². The van der Waals surface area contributed by atoms with Crippen molar-refractivity contribution >= 4 is 27.6 Å². The van der Waals surface area contributed by atoms with E-state index in [0.29, 0.717) is 5.95 Å². The second-order valence-corrected chi connectivity index (χ2v) is 6.16. The van der Waals surface area contributed by atoms with Crippen LogP contribution < -0.4 is 5.32 Å². The van der Waals surface area contributed by atoms with Gasteiger partial charge in [-0.3, -0.25) is 4.68 Å². The third-order valence-corrected chi connectivity index (χ3v) is 4.01. The fourth-order valence-corrected chi connectivity index (χ4v) is 2.69. The molecule has 7 heteroatoms. The Morgan fingerprint density at radius 2 is 1.81 bits per heavy atom. The predicted molar refractivity (Wildman–Crippen MR) is 85.5 cm³/mol. The first-order valence-electron chi connectivity index (χ1n) is 7.29. The molecule has 0 radical (unpaired) electrons. The number of halogens is 1. The van der Waals surface area contributed by atoms with Crippen molar-refractivity contribution in [2.24, 2.45) is 0 Å². The van der Waals surface area contributed by atoms with Crippen LogP contribution in [0.3, 0.4) is 0 Å². The van der Waals surface area contributed by atoms with Gasteiger partial charge in [-0.05, 0) is 41.9 Å². The highest BCUT2D eigenvalue weighted by molar-refractivity contribution is 9.10. The van der Waals surface area contributed by atoms with E-state index in [4.69, 9.17) is 0 Å². The molecule has 0 atom stereocenters. The summed E-state index contributed by atoms with van der Waals surface area (Å²) in [4.78, 5) is 10.9. The minimum Gasteiger partial charge on any atom is -0.321 e. The molecule has 0 amide bonds. The normalized spacial score (nSPS) is 16.0. The highest BCUT2D eigenvalue weighted by atomic mass is 79.9. The van der Waals surface area contributed by atoms with Gasteiger partial charge in [-0.25, -0.2) is 9.97 Å². The molecule has 0 bridgehead atoms. The maximum absolute atomic E-state index is 4.38. The average molecular weight is 351 g/mol. The van der Waals surface area contributed by atoms with E-state index in [1.807, 2.05) is 17.1 Å². The van der Waals surface area contributed by atoms with Crippen LogP contribution in [0.4, 0.5) is 11.6 Å². The molecule has 6 nitrogen and oxygen atoms in total. The Morgan fingerprint density at radius 1 is 1.05 bits per heavy atom. The molecule has 0 spiro atoms. The second-order valence-electron chi connectivity index (χ2n) is 5.24. The monoisotopic (exact) mass is 350 g/mol. The van der Waals surface area contributed by atoms with Gasteiger partial charge in [-0.2, -0.15) is 5.10 Å². The molecule has 3 rings (SSSR count). The lowest BCUT2D eigenvalue weighted by Crippen LogP contribution is -2.32. The van der Waals surface area contributed by atoms with E-state index >= 15 is 0 Å². The van der Waals surface area contributed by atoms with Crippen molar-refractivity contribution in [3.8, 4) is 0 Å². The minimum atomic E-state index is 0.578. The number of hydrogen-bond acceptors (Lipinski definition) is 5. The van der Waals surface area contributed by atoms with E-state index in [2.05, 4.69) is 41.2 Å². The lowest BCUT2D eigenvalue weighted by atomic mass is 10.1. The predicted octanol–water partition coefficient (Wildman–Crippen LogP) is 2.67. The number of aromatic nitrogens is 4. The maximum atomic E-state index is 4.38. The van der Waals surface area contributed by atoms with Crippen molar-refractivity contribution in [2.45, 2.75) is 25.8 Å². The Hall–Kier alpha value is -1.47. The molecule has 1 aliphatic heterocycles. The smallest absolute Gasteiger partial charge is 0.227 e. The van der Waals surface area contributed by atoms with Gasteiger partial charge in [0.1, 0.15) is 0 Å². The average Bonchev–Trinajstić information content (AvgIpc) is 2.96. The highest BCUT2D eigenvalue weighted by Gasteiger charge is 2.10. The molecule has 1 N–H and O–H groups in total. The summed E-state index contributed by atoms with van der Waals surface area (Å²) in [6.45, 7) is 4.43. The summed E-state index contributed by atoms with van der Waals surface area (Å²) in [5.74, 6) is 0.578. The fourth-order valence-electron chi connectivity index (χ4n) is 2.48. The van der Waals surface area contributed by atoms with Crippen molar-refractivity contribution in [3.63, 3.8) is 0 Å². The number of nitrogens with zero attached hydrogens (tertiary/aromatic N) is 5. The van der Waals surface area contributed by atoms with Crippen LogP contribution in [0.25, 0.3) is 0 Å². The van der Waals surface area contributed by atoms with E-state index in [-0.39, 0.29) is 0 Å². The molecule has 21 heavy (non-hydrogen) atoms. The summed E-state index contributed by atoms with van der Waals surface area (Å²) in [7, 11) is 0. The summed E-state index contributed by atoms with van der Waals surface area (Å²) in [6.07, 6.45) is 11.3. The molecule has 3 heterocycles. The Balaban J connectivity index is 1.52. The third-order valence-electron chi connectivity index (χ3n) is 3.60. The molecule has 2 aromatic heterocycles. The molecule has 1 saturated heterocycles. The molecule has 0 saturated carbocycles. The Morgan fingerprint density at radius 3 is 2.57 bits per heavy atom. The van der Waals surface area contributed by atoms with E-state index in [1.54, 1.807) is 12.4 Å². The van der Waals surface area contributed by atoms with Gasteiger partial charge in [-0.1, -0.05) is 6.42 Å². The highest BCUT2D eigenvalue weighted by Crippen LogP contribution is 2.13. The van der Waals surface area contributed by atoms with Crippen molar-refractivity contribution in [1.82, 2.24) is 24.6 Å². The van der Waals surface area contributed by atoms with Crippen LogP contribution >= 0.6 is 15.9 Å². The zero-order valence-corrected chi connectivity index (χ0v) is 13.5. The van der Waals surface area contributed by atoms with Crippen molar-refractivity contribution in [3.05, 3.63) is 29.3 Å². The fraction of sp³-hybridized carbons (Fsp3) is 0.500. The first kappa shape index (κ1) is 14.5. The van der Waals surface area contributed by atoms with E-state index < -0.39 is 0 Å². The van der Waals surface area contributed by atoms with E-state index in [0.717, 1.165) is 23.2 Å². The van der Waals surface area contributed by atoms with Crippen molar-refractivity contribution in [1.29, 1.82) is 0 Å². The molecule has 112 valence electrons. The summed E-state index contributed by atoms with van der Waals surface area (Å²) < 4.78 is 2.83. The number of piperidine rings is 1. The van der Waals surface area contributed by atoms with Crippen LogP contribution in [-0.2, 0) is 6.54 Å². The lowest BCUT2D eigenvalue weighted by molar-refractivity contribution is 0.218. The van der Waals surface area contributed by atoms with Gasteiger partial charge in [-0.15, -0.1) is 0 Å². The van der Waals surface area contributed by atoms with Gasteiger partial charge >= 0.3 is 0 Å². The summed E-state index contributed by atoms with van der Waals surface area (Å²) in [5.41, 5.74) is 0.913. The zero-order valence-electron chi connectivity index (χ0n) is 11.9. The molecular weight excluding hydrogens is 332 g/mol. The molecule has 0 aliphatic carbocycles. The molecule has 1 fully saturated rings. The zero-order chi connectivity index (χ0) is 14.5. The molecule has 0 aromatic carbocycles. The quantitative estimate of drug-likeness (QED) is 0.898. The SMILES string of the molecule is Brc1cnc(Nc2cnn(CCN3CCCCC3)c2)nc1. The van der Waals surface area contributed by atoms with Gasteiger partial charge in [0.25, 0.3) is 0 Å². The van der Waals surface area contributed by atoms with Gasteiger partial charge < -0.3 is 10.2 Å². The van der Waals surface area contributed by atoms with Crippen LogP contribution in [0.15, 0.2) is 29.3 Å². The molecular formula is C14H19BrN6. The largest absolute Gasteiger partial charge is 0.321 e. The third kappa shape index (κ3) is 4.25. The lowest BCUT2D eigenvalue weighted by Gasteiger charge is -2.26. The topological polar surface area (TPSA) is 58.9 Å². The van der Waals surface area contributed by atoms with Crippen molar-refractivity contribution < 1.29 is 0 Å². The van der Waals surface area contributed by atoms with Crippen LogP contribution in [0.5, 0.6) is 0 Å². The van der Waals surface area contributed by atoms with Gasteiger partial charge in [0.05, 0.1) is 22.9 Å². The number of rotatable bonds is 5. The van der Waals surface area contributed by atoms with E-state index in [9.17, 15) is 0 Å². The number of hydrogen-bond donors (Lipinski definition) is 1. The first-order valence-corrected chi connectivity index (χ1v) is 8.08. The van der Waals surface area contributed by atoms with Gasteiger partial charge in [0.15, 0.2) is 0 Å². The van der Waals surface area contributed by atoms with Gasteiger partial charge in [0, 0.05) is 25.1 Å². The minimum absolute atomic E-state index is 0.578. The van der Waals surface area contributed by atoms with Crippen LogP contribution in [0, 0.1) is 0 Å². The number of nitrogens with one attached hydrogen (secondary N) is 1. The van der Waals surface area contributed by atoms with Crippen LogP contribution in [0.2, 0.25) is 0 Å². The molecule has 2 aromatic rings. The van der Waals surface area contributed by atoms with Gasteiger partial charge in [0.2, 0.25) is 5.95 Å². The Kier molecular flexibility index (Phi) is 4.82. The van der Waals surface area contributed by atoms with Crippen LogP contribution in [-0.4, -0.2) is 44.3 Å². The maximum Gasteiger partial charge on any atom is 0.227 e. The van der Waals surface area contributed by atoms with Crippen molar-refractivity contribution in [2.75, 3.05) is 25.0 Å². The summed E-state index contributed by atoms with van der Waals surface area (Å²) in [5, 5.41) is 7.53. The summed E-state index contributed by atoms with van der Waals surface area (Å²) in [6, 6.07) is 0. The molecule has 0 unspecified atom stereocenters. The first-order chi connectivity index (χ1) is 10.3. The second kappa shape index (κ2) is 7.00. The number of anilines is 2. The van der Waals surface area contributed by atoms with E-state index in [1.165, 1.54) is 32.4 Å². The standard InChI is InChI=1S/C14H19BrN6/c15-12-8-16-14(17-9-12)19-13-10-18-21(11-13)7-6-20-4-2-1-3-5-20/h8-11H,1-7H2,(H,16,17,19). The number of likely N-dealkylation sites (tertiary alicyclic amines) is 1. The van der Waals surface area contributed by atoms with Crippen LogP contribution in [0.1, 0.15) is 19.3 Å². The Bertz CT molecular complexity index is 561. The summed E-state index contributed by atoms with van der Waals surface area (Å²) >= 11 is 3.32. The molecule has 1 aliphatic rings.